The van der Waals surface area contributed by atoms with Crippen LogP contribution in [-0.2, 0) is 0 Å². The minimum Gasteiger partial charge on any atom is -0.320 e. The summed E-state index contributed by atoms with van der Waals surface area (Å²) in [6.07, 6.45) is 7.84. The van der Waals surface area contributed by atoms with Crippen molar-refractivity contribution in [3.05, 3.63) is 69.1 Å². The molecule has 3 nitrogen and oxygen atoms in total. The van der Waals surface area contributed by atoms with E-state index in [2.05, 4.69) is 26.0 Å². The molecule has 1 aromatic carbocycles. The van der Waals surface area contributed by atoms with Crippen LogP contribution in [0.2, 0.25) is 0 Å². The maximum absolute atomic E-state index is 12.9. The Morgan fingerprint density at radius 2 is 1.83 bits per heavy atom. The van der Waals surface area contributed by atoms with Gasteiger partial charge in [-0.2, -0.15) is 0 Å². The molecule has 3 heteroatoms. The van der Waals surface area contributed by atoms with E-state index < -0.39 is 0 Å². The molecule has 1 saturated carbocycles. The van der Waals surface area contributed by atoms with E-state index in [1.54, 1.807) is 0 Å². The fourth-order valence-corrected chi connectivity index (χ4v) is 3.75. The third-order valence-corrected chi connectivity index (χ3v) is 5.07. The Bertz CT molecular complexity index is 742. The van der Waals surface area contributed by atoms with Crippen LogP contribution in [0.5, 0.6) is 0 Å². The predicted octanol–water partition coefficient (Wildman–Crippen LogP) is 4.02. The zero-order chi connectivity index (χ0) is 16.4. The summed E-state index contributed by atoms with van der Waals surface area (Å²) in [6, 6.07) is 10.1. The van der Waals surface area contributed by atoms with Gasteiger partial charge in [0.25, 0.3) is 5.56 Å². The molecule has 1 heterocycles. The number of nitrogens with two attached hydrogens (primary N) is 1. The van der Waals surface area contributed by atoms with E-state index in [-0.39, 0.29) is 11.6 Å². The fourth-order valence-electron chi connectivity index (χ4n) is 3.75. The Morgan fingerprint density at radius 3 is 2.52 bits per heavy atom. The molecule has 1 unspecified atom stereocenters. The standard InChI is InChI=1S/C20H26N2O/c1-14-10-11-17(15(2)13-14)19(21)18-9-6-12-22(20(18)23)16-7-4-3-5-8-16/h6,9-13,16,19H,3-5,7-8,21H2,1-2H3. The highest BCUT2D eigenvalue weighted by molar-refractivity contribution is 5.37. The van der Waals surface area contributed by atoms with Crippen LogP contribution in [-0.4, -0.2) is 4.57 Å². The van der Waals surface area contributed by atoms with Gasteiger partial charge in [-0.15, -0.1) is 0 Å². The maximum atomic E-state index is 12.9. The number of benzene rings is 1. The molecule has 0 bridgehead atoms. The third-order valence-electron chi connectivity index (χ3n) is 5.07. The van der Waals surface area contributed by atoms with E-state index in [4.69, 9.17) is 5.73 Å². The van der Waals surface area contributed by atoms with E-state index in [9.17, 15) is 4.79 Å². The Hall–Kier alpha value is -1.87. The van der Waals surface area contributed by atoms with E-state index in [0.717, 1.165) is 24.0 Å². The lowest BCUT2D eigenvalue weighted by Crippen LogP contribution is -2.31. The first kappa shape index (κ1) is 16.0. The van der Waals surface area contributed by atoms with Gasteiger partial charge < -0.3 is 10.3 Å². The van der Waals surface area contributed by atoms with Crippen molar-refractivity contribution >= 4 is 0 Å². The maximum Gasteiger partial charge on any atom is 0.255 e. The van der Waals surface area contributed by atoms with Gasteiger partial charge in [0.15, 0.2) is 0 Å². The second kappa shape index (κ2) is 6.71. The van der Waals surface area contributed by atoms with Crippen molar-refractivity contribution in [2.45, 2.75) is 58.0 Å². The topological polar surface area (TPSA) is 48.0 Å². The van der Waals surface area contributed by atoms with Crippen LogP contribution < -0.4 is 11.3 Å². The highest BCUT2D eigenvalue weighted by Gasteiger charge is 2.20. The molecule has 0 aliphatic heterocycles. The van der Waals surface area contributed by atoms with Crippen molar-refractivity contribution in [1.82, 2.24) is 4.57 Å². The first-order valence-corrected chi connectivity index (χ1v) is 8.61. The summed E-state index contributed by atoms with van der Waals surface area (Å²) in [5.41, 5.74) is 10.6. The second-order valence-electron chi connectivity index (χ2n) is 6.81. The quantitative estimate of drug-likeness (QED) is 0.931. The molecule has 0 radical (unpaired) electrons. The summed E-state index contributed by atoms with van der Waals surface area (Å²) in [5.74, 6) is 0. The van der Waals surface area contributed by atoms with Crippen LogP contribution in [0, 0.1) is 13.8 Å². The van der Waals surface area contributed by atoms with Crippen LogP contribution in [0.25, 0.3) is 0 Å². The summed E-state index contributed by atoms with van der Waals surface area (Å²) in [6.45, 7) is 4.13. The first-order chi connectivity index (χ1) is 11.1. The molecule has 122 valence electrons. The smallest absolute Gasteiger partial charge is 0.255 e. The summed E-state index contributed by atoms with van der Waals surface area (Å²) in [4.78, 5) is 12.9. The van der Waals surface area contributed by atoms with Crippen molar-refractivity contribution in [3.63, 3.8) is 0 Å². The van der Waals surface area contributed by atoms with Gasteiger partial charge in [0.2, 0.25) is 0 Å². The molecule has 0 amide bonds. The van der Waals surface area contributed by atoms with Crippen LogP contribution in [0.1, 0.15) is 66.4 Å². The minimum absolute atomic E-state index is 0.0758. The van der Waals surface area contributed by atoms with Gasteiger partial charge >= 0.3 is 0 Å². The molecule has 23 heavy (non-hydrogen) atoms. The van der Waals surface area contributed by atoms with Crippen LogP contribution >= 0.6 is 0 Å². The van der Waals surface area contributed by atoms with Gasteiger partial charge in [-0.3, -0.25) is 4.79 Å². The molecule has 1 atom stereocenters. The Balaban J connectivity index is 1.97. The normalized spacial score (nSPS) is 17.2. The summed E-state index contributed by atoms with van der Waals surface area (Å²) < 4.78 is 1.91. The van der Waals surface area contributed by atoms with Gasteiger partial charge in [-0.05, 0) is 43.9 Å². The molecule has 1 fully saturated rings. The van der Waals surface area contributed by atoms with Crippen molar-refractivity contribution in [2.24, 2.45) is 5.73 Å². The molecule has 1 aliphatic rings. The van der Waals surface area contributed by atoms with Crippen molar-refractivity contribution in [3.8, 4) is 0 Å². The molecular formula is C20H26N2O. The highest BCUT2D eigenvalue weighted by atomic mass is 16.1. The molecule has 0 saturated heterocycles. The number of nitrogens with zero attached hydrogens (tertiary/aromatic N) is 1. The monoisotopic (exact) mass is 310 g/mol. The number of aromatic nitrogens is 1. The second-order valence-corrected chi connectivity index (χ2v) is 6.81. The first-order valence-electron chi connectivity index (χ1n) is 8.61. The van der Waals surface area contributed by atoms with Crippen molar-refractivity contribution in [1.29, 1.82) is 0 Å². The van der Waals surface area contributed by atoms with Crippen molar-refractivity contribution in [2.75, 3.05) is 0 Å². The fraction of sp³-hybridized carbons (Fsp3) is 0.450. The Kier molecular flexibility index (Phi) is 4.67. The summed E-state index contributed by atoms with van der Waals surface area (Å²) in [7, 11) is 0. The Labute approximate surface area is 138 Å². The average molecular weight is 310 g/mol. The highest BCUT2D eigenvalue weighted by Crippen LogP contribution is 2.28. The average Bonchev–Trinajstić information content (AvgIpc) is 2.55. The van der Waals surface area contributed by atoms with E-state index >= 15 is 0 Å². The lowest BCUT2D eigenvalue weighted by Gasteiger charge is -2.25. The van der Waals surface area contributed by atoms with Crippen LogP contribution in [0.15, 0.2) is 41.3 Å². The zero-order valence-electron chi connectivity index (χ0n) is 14.1. The molecule has 0 spiro atoms. The summed E-state index contributed by atoms with van der Waals surface area (Å²) >= 11 is 0. The largest absolute Gasteiger partial charge is 0.320 e. The van der Waals surface area contributed by atoms with Gasteiger partial charge in [-0.25, -0.2) is 0 Å². The lowest BCUT2D eigenvalue weighted by molar-refractivity contribution is 0.345. The van der Waals surface area contributed by atoms with E-state index in [1.807, 2.05) is 29.0 Å². The minimum atomic E-state index is -0.362. The summed E-state index contributed by atoms with van der Waals surface area (Å²) in [5, 5.41) is 0. The predicted molar refractivity (Wildman–Crippen MR) is 94.8 cm³/mol. The van der Waals surface area contributed by atoms with Gasteiger partial charge in [0.1, 0.15) is 0 Å². The molecule has 2 N–H and O–H groups in total. The van der Waals surface area contributed by atoms with E-state index in [0.29, 0.717) is 11.6 Å². The SMILES string of the molecule is Cc1ccc(C(N)c2cccn(C3CCCCC3)c2=O)c(C)c1. The number of aryl methyl sites for hydroxylation is 2. The van der Waals surface area contributed by atoms with Crippen LogP contribution in [0.4, 0.5) is 0 Å². The number of hydrogen-bond acceptors (Lipinski definition) is 2. The molecule has 1 aliphatic carbocycles. The zero-order valence-corrected chi connectivity index (χ0v) is 14.1. The number of hydrogen-bond donors (Lipinski definition) is 1. The lowest BCUT2D eigenvalue weighted by atomic mass is 9.93. The third kappa shape index (κ3) is 3.25. The Morgan fingerprint density at radius 1 is 1.09 bits per heavy atom. The van der Waals surface area contributed by atoms with E-state index in [1.165, 1.54) is 24.8 Å². The molecule has 2 aromatic rings. The number of rotatable bonds is 3. The number of pyridine rings is 1. The van der Waals surface area contributed by atoms with Crippen LogP contribution in [0.3, 0.4) is 0 Å². The molecule has 3 rings (SSSR count). The van der Waals surface area contributed by atoms with Crippen molar-refractivity contribution < 1.29 is 0 Å². The molecule has 1 aromatic heterocycles. The molecular weight excluding hydrogens is 284 g/mol. The van der Waals surface area contributed by atoms with Gasteiger partial charge in [0, 0.05) is 17.8 Å². The van der Waals surface area contributed by atoms with Gasteiger partial charge in [-0.1, -0.05) is 49.1 Å². The van der Waals surface area contributed by atoms with Gasteiger partial charge in [0.05, 0.1) is 6.04 Å².